The lowest BCUT2D eigenvalue weighted by atomic mass is 9.66. The van der Waals surface area contributed by atoms with E-state index in [1.807, 2.05) is 60.7 Å². The number of hydrogen-bond acceptors (Lipinski definition) is 1. The number of carbonyl (C=O) groups excluding carboxylic acids is 1. The molecule has 1 aliphatic rings. The number of ketones is 1. The number of allylic oxidation sites excluding steroid dienone is 2. The third-order valence-electron chi connectivity index (χ3n) is 5.82. The molecule has 140 valence electrons. The van der Waals surface area contributed by atoms with E-state index in [1.165, 1.54) is 24.8 Å². The molecule has 0 heterocycles. The monoisotopic (exact) mass is 366 g/mol. The highest BCUT2D eigenvalue weighted by atomic mass is 16.1. The van der Waals surface area contributed by atoms with Crippen LogP contribution >= 0.6 is 0 Å². The van der Waals surface area contributed by atoms with Crippen LogP contribution in [0.1, 0.15) is 48.8 Å². The molecule has 1 nitrogen and oxygen atoms in total. The van der Waals surface area contributed by atoms with Crippen LogP contribution in [-0.4, -0.2) is 5.78 Å². The van der Waals surface area contributed by atoms with E-state index in [4.69, 9.17) is 0 Å². The van der Waals surface area contributed by atoms with Gasteiger partial charge in [-0.2, -0.15) is 0 Å². The summed E-state index contributed by atoms with van der Waals surface area (Å²) in [6.07, 6.45) is 7.68. The second kappa shape index (κ2) is 8.39. The van der Waals surface area contributed by atoms with Crippen molar-refractivity contribution >= 4 is 5.78 Å². The van der Waals surface area contributed by atoms with E-state index < -0.39 is 5.41 Å². The van der Waals surface area contributed by atoms with Crippen molar-refractivity contribution < 1.29 is 4.79 Å². The first-order valence-corrected chi connectivity index (χ1v) is 10.2. The van der Waals surface area contributed by atoms with Crippen LogP contribution < -0.4 is 0 Å². The summed E-state index contributed by atoms with van der Waals surface area (Å²) in [5.41, 5.74) is 3.53. The average Bonchev–Trinajstić information content (AvgIpc) is 2.77. The highest BCUT2D eigenvalue weighted by Gasteiger charge is 2.42. The van der Waals surface area contributed by atoms with Crippen molar-refractivity contribution in [2.45, 2.75) is 37.5 Å². The Hall–Kier alpha value is -2.93. The second-order valence-corrected chi connectivity index (χ2v) is 7.58. The van der Waals surface area contributed by atoms with E-state index in [2.05, 4.69) is 36.4 Å². The third-order valence-corrected chi connectivity index (χ3v) is 5.82. The van der Waals surface area contributed by atoms with Gasteiger partial charge in [-0.3, -0.25) is 4.79 Å². The lowest BCUT2D eigenvalue weighted by molar-refractivity contribution is -0.117. The quantitative estimate of drug-likeness (QED) is 0.373. The Morgan fingerprint density at radius 2 is 1.00 bits per heavy atom. The van der Waals surface area contributed by atoms with E-state index >= 15 is 0 Å². The SMILES string of the molecule is O=C(C=C1CCCCC1)C(c1ccccc1)(c1ccccc1)c1ccccc1. The van der Waals surface area contributed by atoms with Gasteiger partial charge in [0.15, 0.2) is 5.78 Å². The van der Waals surface area contributed by atoms with Gasteiger partial charge in [0.2, 0.25) is 0 Å². The lowest BCUT2D eigenvalue weighted by Gasteiger charge is -2.34. The van der Waals surface area contributed by atoms with Crippen molar-refractivity contribution in [3.05, 3.63) is 119 Å². The highest BCUT2D eigenvalue weighted by Crippen LogP contribution is 2.41. The predicted molar refractivity (Wildman–Crippen MR) is 115 cm³/mol. The summed E-state index contributed by atoms with van der Waals surface area (Å²) in [5.74, 6) is 0.160. The van der Waals surface area contributed by atoms with Gasteiger partial charge in [-0.05, 0) is 48.4 Å². The summed E-state index contributed by atoms with van der Waals surface area (Å²) in [6, 6.07) is 30.7. The van der Waals surface area contributed by atoms with Crippen LogP contribution in [0.4, 0.5) is 0 Å². The number of rotatable bonds is 5. The number of carbonyl (C=O) groups is 1. The van der Waals surface area contributed by atoms with Gasteiger partial charge in [0.05, 0.1) is 0 Å². The van der Waals surface area contributed by atoms with Gasteiger partial charge in [-0.1, -0.05) is 103 Å². The molecule has 1 aliphatic carbocycles. The van der Waals surface area contributed by atoms with E-state index in [0.717, 1.165) is 29.5 Å². The van der Waals surface area contributed by atoms with E-state index in [0.29, 0.717) is 0 Å². The van der Waals surface area contributed by atoms with Crippen LogP contribution in [0.25, 0.3) is 0 Å². The molecule has 0 radical (unpaired) electrons. The maximum atomic E-state index is 14.1. The van der Waals surface area contributed by atoms with Crippen LogP contribution in [0.2, 0.25) is 0 Å². The molecule has 1 fully saturated rings. The zero-order chi connectivity index (χ0) is 19.2. The predicted octanol–water partition coefficient (Wildman–Crippen LogP) is 6.48. The molecule has 1 saturated carbocycles. The van der Waals surface area contributed by atoms with Crippen LogP contribution in [0.5, 0.6) is 0 Å². The second-order valence-electron chi connectivity index (χ2n) is 7.58. The zero-order valence-corrected chi connectivity index (χ0v) is 16.2. The normalized spacial score (nSPS) is 14.5. The molecule has 3 aromatic rings. The maximum Gasteiger partial charge on any atom is 0.175 e. The van der Waals surface area contributed by atoms with Gasteiger partial charge in [0.25, 0.3) is 0 Å². The van der Waals surface area contributed by atoms with Crippen molar-refractivity contribution in [3.63, 3.8) is 0 Å². The van der Waals surface area contributed by atoms with E-state index in [1.54, 1.807) is 0 Å². The fourth-order valence-electron chi connectivity index (χ4n) is 4.44. The lowest BCUT2D eigenvalue weighted by Crippen LogP contribution is -2.37. The van der Waals surface area contributed by atoms with Crippen LogP contribution in [0.3, 0.4) is 0 Å². The average molecular weight is 367 g/mol. The molecule has 4 rings (SSSR count). The minimum Gasteiger partial charge on any atom is -0.293 e. The van der Waals surface area contributed by atoms with Gasteiger partial charge in [0.1, 0.15) is 5.41 Å². The number of benzene rings is 3. The van der Waals surface area contributed by atoms with Crippen LogP contribution in [0.15, 0.2) is 103 Å². The summed E-state index contributed by atoms with van der Waals surface area (Å²) >= 11 is 0. The Balaban J connectivity index is 1.97. The molecule has 0 unspecified atom stereocenters. The van der Waals surface area contributed by atoms with Crippen molar-refractivity contribution in [2.75, 3.05) is 0 Å². The molecule has 0 bridgehead atoms. The van der Waals surface area contributed by atoms with Gasteiger partial charge in [-0.15, -0.1) is 0 Å². The topological polar surface area (TPSA) is 17.1 Å². The molecule has 3 aromatic carbocycles. The summed E-state index contributed by atoms with van der Waals surface area (Å²) in [7, 11) is 0. The molecule has 0 spiro atoms. The molecule has 28 heavy (non-hydrogen) atoms. The fourth-order valence-corrected chi connectivity index (χ4v) is 4.44. The van der Waals surface area contributed by atoms with Crippen molar-refractivity contribution in [3.8, 4) is 0 Å². The molecule has 0 N–H and O–H groups in total. The fraction of sp³-hybridized carbons (Fsp3) is 0.222. The van der Waals surface area contributed by atoms with Gasteiger partial charge < -0.3 is 0 Å². The Morgan fingerprint density at radius 1 is 0.607 bits per heavy atom. The Labute approximate surface area is 167 Å². The first-order valence-electron chi connectivity index (χ1n) is 10.2. The molecule has 1 heteroatoms. The van der Waals surface area contributed by atoms with Gasteiger partial charge in [0, 0.05) is 0 Å². The molecule has 0 aliphatic heterocycles. The van der Waals surface area contributed by atoms with Gasteiger partial charge >= 0.3 is 0 Å². The largest absolute Gasteiger partial charge is 0.293 e. The van der Waals surface area contributed by atoms with Crippen molar-refractivity contribution in [1.29, 1.82) is 0 Å². The van der Waals surface area contributed by atoms with Crippen molar-refractivity contribution in [2.24, 2.45) is 0 Å². The standard InChI is InChI=1S/C27H26O/c28-26(21-22-13-5-1-6-14-22)27(23-15-7-2-8-16-23,24-17-9-3-10-18-24)25-19-11-4-12-20-25/h2-4,7-12,15-21H,1,5-6,13-14H2. The summed E-state index contributed by atoms with van der Waals surface area (Å²) in [6.45, 7) is 0. The first-order chi connectivity index (χ1) is 13.8. The Bertz CT molecular complexity index is 835. The minimum atomic E-state index is -0.825. The molecule has 0 saturated heterocycles. The zero-order valence-electron chi connectivity index (χ0n) is 16.2. The first kappa shape index (κ1) is 18.4. The maximum absolute atomic E-state index is 14.1. The van der Waals surface area contributed by atoms with E-state index in [9.17, 15) is 4.79 Å². The van der Waals surface area contributed by atoms with Crippen molar-refractivity contribution in [1.82, 2.24) is 0 Å². The van der Waals surface area contributed by atoms with E-state index in [-0.39, 0.29) is 5.78 Å². The third kappa shape index (κ3) is 3.45. The van der Waals surface area contributed by atoms with Crippen LogP contribution in [0, 0.1) is 0 Å². The molecule has 0 aromatic heterocycles. The summed E-state index contributed by atoms with van der Waals surface area (Å²) in [4.78, 5) is 14.1. The molecular weight excluding hydrogens is 340 g/mol. The molecule has 0 amide bonds. The smallest absolute Gasteiger partial charge is 0.175 e. The Morgan fingerprint density at radius 3 is 1.39 bits per heavy atom. The summed E-state index contributed by atoms with van der Waals surface area (Å²) < 4.78 is 0. The minimum absolute atomic E-state index is 0.160. The summed E-state index contributed by atoms with van der Waals surface area (Å²) in [5, 5.41) is 0. The molecular formula is C27H26O. The van der Waals surface area contributed by atoms with Crippen LogP contribution in [-0.2, 0) is 10.2 Å². The number of hydrogen-bond donors (Lipinski definition) is 0. The highest BCUT2D eigenvalue weighted by molar-refractivity contribution is 6.05. The Kier molecular flexibility index (Phi) is 5.53. The molecule has 0 atom stereocenters. The van der Waals surface area contributed by atoms with Gasteiger partial charge in [-0.25, -0.2) is 0 Å².